The lowest BCUT2D eigenvalue weighted by Crippen LogP contribution is -2.47. The van der Waals surface area contributed by atoms with E-state index in [4.69, 9.17) is 9.84 Å². The number of alkyl halides is 3. The van der Waals surface area contributed by atoms with Crippen LogP contribution in [-0.2, 0) is 9.53 Å². The molecule has 0 fully saturated rings. The van der Waals surface area contributed by atoms with E-state index in [0.717, 1.165) is 4.90 Å². The predicted octanol–water partition coefficient (Wildman–Crippen LogP) is 1.57. The summed E-state index contributed by atoms with van der Waals surface area (Å²) in [7, 11) is 0. The lowest BCUT2D eigenvalue weighted by Gasteiger charge is -2.30. The molecule has 0 spiro atoms. The van der Waals surface area contributed by atoms with Gasteiger partial charge in [0.1, 0.15) is 11.6 Å². The molecule has 0 aromatic rings. The largest absolute Gasteiger partial charge is 0.459 e. The summed E-state index contributed by atoms with van der Waals surface area (Å²) in [5.41, 5.74) is -0.755. The van der Waals surface area contributed by atoms with Gasteiger partial charge < -0.3 is 9.84 Å². The monoisotopic (exact) mass is 271 g/mol. The highest BCUT2D eigenvalue weighted by atomic mass is 19.4. The summed E-state index contributed by atoms with van der Waals surface area (Å²) in [4.78, 5) is 12.5. The molecule has 0 heterocycles. The zero-order chi connectivity index (χ0) is 14.6. The second-order valence-corrected chi connectivity index (χ2v) is 5.02. The Labute approximate surface area is 105 Å². The summed E-state index contributed by atoms with van der Waals surface area (Å²) in [5.74, 6) is -0.736. The van der Waals surface area contributed by atoms with Crippen molar-refractivity contribution >= 4 is 5.97 Å². The maximum absolute atomic E-state index is 12.3. The van der Waals surface area contributed by atoms with Crippen LogP contribution in [0.3, 0.4) is 0 Å². The first kappa shape index (κ1) is 17.2. The lowest BCUT2D eigenvalue weighted by molar-refractivity contribution is -0.171. The van der Waals surface area contributed by atoms with Gasteiger partial charge in [-0.05, 0) is 27.7 Å². The number of hydrogen-bond acceptors (Lipinski definition) is 4. The van der Waals surface area contributed by atoms with Gasteiger partial charge in [-0.25, -0.2) is 0 Å². The fourth-order valence-corrected chi connectivity index (χ4v) is 1.30. The molecule has 1 unspecified atom stereocenters. The minimum Gasteiger partial charge on any atom is -0.459 e. The zero-order valence-electron chi connectivity index (χ0n) is 11.0. The topological polar surface area (TPSA) is 49.8 Å². The standard InChI is InChI=1S/C11H20F3NO3/c1-8(9(17)18-10(2,3)4)15(5-6-16)7-11(12,13)14/h8,16H,5-7H2,1-4H3. The van der Waals surface area contributed by atoms with Crippen LogP contribution in [-0.4, -0.2) is 53.5 Å². The van der Waals surface area contributed by atoms with Crippen molar-refractivity contribution in [3.05, 3.63) is 0 Å². The van der Waals surface area contributed by atoms with E-state index in [1.807, 2.05) is 0 Å². The van der Waals surface area contributed by atoms with Crippen molar-refractivity contribution < 1.29 is 27.8 Å². The number of carbonyl (C=O) groups excluding carboxylic acids is 1. The van der Waals surface area contributed by atoms with E-state index in [2.05, 4.69) is 0 Å². The average Bonchev–Trinajstić information content (AvgIpc) is 2.11. The van der Waals surface area contributed by atoms with Crippen LogP contribution in [0.2, 0.25) is 0 Å². The van der Waals surface area contributed by atoms with Crippen LogP contribution in [0.1, 0.15) is 27.7 Å². The Morgan fingerprint density at radius 3 is 2.17 bits per heavy atom. The summed E-state index contributed by atoms with van der Waals surface area (Å²) < 4.78 is 42.0. The van der Waals surface area contributed by atoms with E-state index in [1.54, 1.807) is 20.8 Å². The van der Waals surface area contributed by atoms with Gasteiger partial charge in [0.25, 0.3) is 0 Å². The van der Waals surface area contributed by atoms with Crippen molar-refractivity contribution in [2.24, 2.45) is 0 Å². The number of hydrogen-bond donors (Lipinski definition) is 1. The zero-order valence-corrected chi connectivity index (χ0v) is 11.0. The molecule has 0 radical (unpaired) electrons. The third-order valence-corrected chi connectivity index (χ3v) is 2.07. The van der Waals surface area contributed by atoms with Crippen LogP contribution in [0.15, 0.2) is 0 Å². The smallest absolute Gasteiger partial charge is 0.401 e. The molecule has 0 saturated heterocycles. The predicted molar refractivity (Wildman–Crippen MR) is 60.0 cm³/mol. The highest BCUT2D eigenvalue weighted by molar-refractivity contribution is 5.75. The quantitative estimate of drug-likeness (QED) is 0.771. The lowest BCUT2D eigenvalue weighted by atomic mass is 10.2. The van der Waals surface area contributed by atoms with Gasteiger partial charge in [-0.3, -0.25) is 9.69 Å². The number of carbonyl (C=O) groups is 1. The highest BCUT2D eigenvalue weighted by Gasteiger charge is 2.35. The highest BCUT2D eigenvalue weighted by Crippen LogP contribution is 2.19. The molecule has 0 aliphatic heterocycles. The molecule has 0 aliphatic rings. The van der Waals surface area contributed by atoms with Crippen LogP contribution in [0.5, 0.6) is 0 Å². The van der Waals surface area contributed by atoms with Crippen LogP contribution in [0.25, 0.3) is 0 Å². The van der Waals surface area contributed by atoms with Gasteiger partial charge in [0, 0.05) is 6.54 Å². The number of aliphatic hydroxyl groups is 1. The molecular weight excluding hydrogens is 251 g/mol. The van der Waals surface area contributed by atoms with E-state index >= 15 is 0 Å². The number of aliphatic hydroxyl groups excluding tert-OH is 1. The van der Waals surface area contributed by atoms with Crippen molar-refractivity contribution in [1.29, 1.82) is 0 Å². The van der Waals surface area contributed by atoms with E-state index in [9.17, 15) is 18.0 Å². The summed E-state index contributed by atoms with van der Waals surface area (Å²) in [6, 6.07) is -1.06. The Bertz CT molecular complexity index is 274. The summed E-state index contributed by atoms with van der Waals surface area (Å²) >= 11 is 0. The van der Waals surface area contributed by atoms with Crippen LogP contribution >= 0.6 is 0 Å². The molecule has 18 heavy (non-hydrogen) atoms. The molecule has 1 N–H and O–H groups in total. The molecule has 0 saturated carbocycles. The summed E-state index contributed by atoms with van der Waals surface area (Å²) in [6.45, 7) is 4.29. The van der Waals surface area contributed by atoms with Gasteiger partial charge in [0.2, 0.25) is 0 Å². The first-order valence-corrected chi connectivity index (χ1v) is 5.61. The molecule has 0 rings (SSSR count). The molecule has 108 valence electrons. The third kappa shape index (κ3) is 7.50. The van der Waals surface area contributed by atoms with Gasteiger partial charge in [-0.2, -0.15) is 13.2 Å². The Kier molecular flexibility index (Phi) is 6.09. The molecule has 0 bridgehead atoms. The normalized spacial score (nSPS) is 14.7. The Morgan fingerprint density at radius 2 is 1.83 bits per heavy atom. The van der Waals surface area contributed by atoms with Crippen LogP contribution in [0.4, 0.5) is 13.2 Å². The van der Waals surface area contributed by atoms with Gasteiger partial charge in [-0.1, -0.05) is 0 Å². The summed E-state index contributed by atoms with van der Waals surface area (Å²) in [6.07, 6.45) is -4.43. The molecule has 0 amide bonds. The first-order valence-electron chi connectivity index (χ1n) is 5.61. The minimum atomic E-state index is -4.43. The van der Waals surface area contributed by atoms with Gasteiger partial charge in [-0.15, -0.1) is 0 Å². The van der Waals surface area contributed by atoms with Crippen molar-refractivity contribution in [3.63, 3.8) is 0 Å². The number of rotatable bonds is 5. The van der Waals surface area contributed by atoms with Crippen molar-refractivity contribution in [1.82, 2.24) is 4.90 Å². The average molecular weight is 271 g/mol. The first-order chi connectivity index (χ1) is 7.96. The molecule has 0 aliphatic carbocycles. The maximum Gasteiger partial charge on any atom is 0.401 e. The van der Waals surface area contributed by atoms with E-state index in [0.29, 0.717) is 0 Å². The number of nitrogens with zero attached hydrogens (tertiary/aromatic N) is 1. The minimum absolute atomic E-state index is 0.236. The number of halogens is 3. The van der Waals surface area contributed by atoms with Crippen LogP contribution < -0.4 is 0 Å². The second kappa shape index (κ2) is 6.38. The van der Waals surface area contributed by atoms with Gasteiger partial charge >= 0.3 is 12.1 Å². The molecule has 1 atom stereocenters. The second-order valence-electron chi connectivity index (χ2n) is 5.02. The fourth-order valence-electron chi connectivity index (χ4n) is 1.30. The maximum atomic E-state index is 12.3. The summed E-state index contributed by atoms with van der Waals surface area (Å²) in [5, 5.41) is 8.74. The van der Waals surface area contributed by atoms with E-state index in [1.165, 1.54) is 6.92 Å². The Morgan fingerprint density at radius 1 is 1.33 bits per heavy atom. The van der Waals surface area contributed by atoms with Crippen LogP contribution in [0, 0.1) is 0 Å². The molecule has 0 aromatic heterocycles. The van der Waals surface area contributed by atoms with Gasteiger partial charge in [0.05, 0.1) is 13.2 Å². The molecule has 4 nitrogen and oxygen atoms in total. The fraction of sp³-hybridized carbons (Fsp3) is 0.909. The molecule has 0 aromatic carbocycles. The molecule has 7 heteroatoms. The van der Waals surface area contributed by atoms with Crippen molar-refractivity contribution in [3.8, 4) is 0 Å². The Balaban J connectivity index is 4.65. The Hall–Kier alpha value is -0.820. The number of ether oxygens (including phenoxy) is 1. The molecular formula is C11H20F3NO3. The van der Waals surface area contributed by atoms with Crippen molar-refractivity contribution in [2.45, 2.75) is 45.5 Å². The van der Waals surface area contributed by atoms with E-state index in [-0.39, 0.29) is 6.54 Å². The third-order valence-electron chi connectivity index (χ3n) is 2.07. The SMILES string of the molecule is CC(C(=O)OC(C)(C)C)N(CCO)CC(F)(F)F. The number of esters is 1. The van der Waals surface area contributed by atoms with Gasteiger partial charge in [0.15, 0.2) is 0 Å². The van der Waals surface area contributed by atoms with Crippen molar-refractivity contribution in [2.75, 3.05) is 19.7 Å². The van der Waals surface area contributed by atoms with E-state index < -0.39 is 36.9 Å².